The Morgan fingerprint density at radius 3 is 2.50 bits per heavy atom. The normalized spacial score (nSPS) is 14.4. The molecule has 1 heterocycles. The molecular weight excluding hydrogens is 308 g/mol. The molecule has 2 rings (SSSR count). The molecule has 3 amide bonds. The molecule has 0 saturated carbocycles. The van der Waals surface area contributed by atoms with E-state index in [9.17, 15) is 14.4 Å². The molecule has 1 aliphatic rings. The van der Waals surface area contributed by atoms with Crippen molar-refractivity contribution >= 4 is 23.4 Å². The smallest absolute Gasteiger partial charge is 0.229 e. The summed E-state index contributed by atoms with van der Waals surface area (Å²) in [4.78, 5) is 36.2. The third-order valence-corrected chi connectivity index (χ3v) is 3.76. The number of ether oxygens (including phenoxy) is 1. The Morgan fingerprint density at radius 1 is 1.25 bits per heavy atom. The Balaban J connectivity index is 1.81. The van der Waals surface area contributed by atoms with Crippen LogP contribution in [0.4, 0.5) is 5.69 Å². The number of nitrogens with zero attached hydrogens (tertiary/aromatic N) is 1. The van der Waals surface area contributed by atoms with Crippen LogP contribution < -0.4 is 10.1 Å². The van der Waals surface area contributed by atoms with E-state index in [1.54, 1.807) is 6.07 Å². The van der Waals surface area contributed by atoms with Crippen molar-refractivity contribution in [3.8, 4) is 5.75 Å². The second kappa shape index (κ2) is 7.95. The minimum absolute atomic E-state index is 0.0974. The summed E-state index contributed by atoms with van der Waals surface area (Å²) in [5.41, 5.74) is 1.66. The Kier molecular flexibility index (Phi) is 5.95. The first-order valence-electron chi connectivity index (χ1n) is 8.27. The molecule has 0 bridgehead atoms. The molecule has 0 spiro atoms. The SMILES string of the molecule is Cc1cc(NC(=O)CCCN2C(=O)CCC2=O)ccc1OC(C)C. The molecule has 0 aromatic heterocycles. The van der Waals surface area contributed by atoms with Crippen LogP contribution >= 0.6 is 0 Å². The number of hydrogen-bond donors (Lipinski definition) is 1. The molecule has 0 aliphatic carbocycles. The van der Waals surface area contributed by atoms with Crippen molar-refractivity contribution in [3.05, 3.63) is 23.8 Å². The minimum atomic E-state index is -0.142. The van der Waals surface area contributed by atoms with E-state index in [0.29, 0.717) is 18.7 Å². The summed E-state index contributed by atoms with van der Waals surface area (Å²) in [5, 5.41) is 2.83. The van der Waals surface area contributed by atoms with Crippen molar-refractivity contribution in [1.29, 1.82) is 0 Å². The highest BCUT2D eigenvalue weighted by Gasteiger charge is 2.28. The van der Waals surface area contributed by atoms with Gasteiger partial charge in [0.25, 0.3) is 0 Å². The molecule has 1 aromatic carbocycles. The van der Waals surface area contributed by atoms with Crippen LogP contribution in [0.3, 0.4) is 0 Å². The first-order valence-corrected chi connectivity index (χ1v) is 8.27. The van der Waals surface area contributed by atoms with Gasteiger partial charge in [-0.3, -0.25) is 19.3 Å². The van der Waals surface area contributed by atoms with Crippen LogP contribution in [-0.2, 0) is 14.4 Å². The van der Waals surface area contributed by atoms with E-state index in [1.165, 1.54) is 4.90 Å². The molecule has 1 saturated heterocycles. The topological polar surface area (TPSA) is 75.7 Å². The molecule has 0 unspecified atom stereocenters. The number of imide groups is 1. The van der Waals surface area contributed by atoms with Crippen molar-refractivity contribution in [1.82, 2.24) is 4.90 Å². The number of carbonyl (C=O) groups excluding carboxylic acids is 3. The van der Waals surface area contributed by atoms with Crippen molar-refractivity contribution < 1.29 is 19.1 Å². The van der Waals surface area contributed by atoms with Crippen LogP contribution in [0.25, 0.3) is 0 Å². The minimum Gasteiger partial charge on any atom is -0.491 e. The monoisotopic (exact) mass is 332 g/mol. The Labute approximate surface area is 142 Å². The second-order valence-corrected chi connectivity index (χ2v) is 6.24. The van der Waals surface area contributed by atoms with Gasteiger partial charge in [-0.2, -0.15) is 0 Å². The number of aryl methyl sites for hydroxylation is 1. The fourth-order valence-corrected chi connectivity index (χ4v) is 2.61. The first kappa shape index (κ1) is 18.0. The quantitative estimate of drug-likeness (QED) is 0.779. The standard InChI is InChI=1S/C18H24N2O4/c1-12(2)24-15-7-6-14(11-13(15)3)19-16(21)5-4-10-20-17(22)8-9-18(20)23/h6-7,11-12H,4-5,8-10H2,1-3H3,(H,19,21). The van der Waals surface area contributed by atoms with Gasteiger partial charge in [-0.25, -0.2) is 0 Å². The molecular formula is C18H24N2O4. The lowest BCUT2D eigenvalue weighted by molar-refractivity contribution is -0.138. The maximum absolute atomic E-state index is 12.0. The van der Waals surface area contributed by atoms with Gasteiger partial charge in [0, 0.05) is 31.5 Å². The highest BCUT2D eigenvalue weighted by atomic mass is 16.5. The number of likely N-dealkylation sites (tertiary alicyclic amines) is 1. The van der Waals surface area contributed by atoms with E-state index < -0.39 is 0 Å². The number of anilines is 1. The molecule has 0 atom stereocenters. The van der Waals surface area contributed by atoms with Crippen LogP contribution in [0.5, 0.6) is 5.75 Å². The third kappa shape index (κ3) is 4.81. The van der Waals surface area contributed by atoms with Crippen LogP contribution in [0.2, 0.25) is 0 Å². The van der Waals surface area contributed by atoms with Crippen LogP contribution in [-0.4, -0.2) is 35.3 Å². The Bertz CT molecular complexity index is 624. The van der Waals surface area contributed by atoms with Crippen molar-refractivity contribution in [2.75, 3.05) is 11.9 Å². The van der Waals surface area contributed by atoms with Crippen LogP contribution in [0.1, 0.15) is 45.1 Å². The van der Waals surface area contributed by atoms with Gasteiger partial charge in [0.05, 0.1) is 6.10 Å². The molecule has 1 N–H and O–H groups in total. The Hall–Kier alpha value is -2.37. The lowest BCUT2D eigenvalue weighted by Gasteiger charge is -2.14. The van der Waals surface area contributed by atoms with Crippen LogP contribution in [0, 0.1) is 6.92 Å². The summed E-state index contributed by atoms with van der Waals surface area (Å²) in [6.07, 6.45) is 1.40. The van der Waals surface area contributed by atoms with Gasteiger partial charge in [-0.15, -0.1) is 0 Å². The number of amides is 3. The van der Waals surface area contributed by atoms with Crippen molar-refractivity contribution in [2.45, 2.75) is 52.6 Å². The highest BCUT2D eigenvalue weighted by molar-refractivity contribution is 6.02. The fourth-order valence-electron chi connectivity index (χ4n) is 2.61. The summed E-state index contributed by atoms with van der Waals surface area (Å²) in [5.74, 6) is 0.383. The lowest BCUT2D eigenvalue weighted by Crippen LogP contribution is -2.30. The summed E-state index contributed by atoms with van der Waals surface area (Å²) in [7, 11) is 0. The summed E-state index contributed by atoms with van der Waals surface area (Å²) < 4.78 is 5.66. The van der Waals surface area contributed by atoms with Gasteiger partial charge >= 0.3 is 0 Å². The van der Waals surface area contributed by atoms with Crippen molar-refractivity contribution in [3.63, 3.8) is 0 Å². The van der Waals surface area contributed by atoms with Crippen LogP contribution in [0.15, 0.2) is 18.2 Å². The number of nitrogens with one attached hydrogen (secondary N) is 1. The third-order valence-electron chi connectivity index (χ3n) is 3.76. The number of carbonyl (C=O) groups is 3. The largest absolute Gasteiger partial charge is 0.491 e. The average molecular weight is 332 g/mol. The first-order chi connectivity index (χ1) is 11.4. The van der Waals surface area contributed by atoms with Gasteiger partial charge in [-0.1, -0.05) is 0 Å². The van der Waals surface area contributed by atoms with Gasteiger partial charge in [0.15, 0.2) is 0 Å². The van der Waals surface area contributed by atoms with Gasteiger partial charge in [0.2, 0.25) is 17.7 Å². The van der Waals surface area contributed by atoms with E-state index in [-0.39, 0.29) is 43.1 Å². The molecule has 1 aromatic rings. The summed E-state index contributed by atoms with van der Waals surface area (Å²) >= 11 is 0. The van der Waals surface area contributed by atoms with E-state index in [1.807, 2.05) is 32.9 Å². The van der Waals surface area contributed by atoms with E-state index in [4.69, 9.17) is 4.74 Å². The zero-order valence-corrected chi connectivity index (χ0v) is 14.4. The number of benzene rings is 1. The zero-order valence-electron chi connectivity index (χ0n) is 14.4. The molecule has 1 fully saturated rings. The van der Waals surface area contributed by atoms with Crippen molar-refractivity contribution in [2.24, 2.45) is 0 Å². The molecule has 6 nitrogen and oxygen atoms in total. The lowest BCUT2D eigenvalue weighted by atomic mass is 10.2. The summed E-state index contributed by atoms with van der Waals surface area (Å²) in [6, 6.07) is 5.51. The Morgan fingerprint density at radius 2 is 1.92 bits per heavy atom. The molecule has 0 radical (unpaired) electrons. The summed E-state index contributed by atoms with van der Waals surface area (Å²) in [6.45, 7) is 6.17. The predicted molar refractivity (Wildman–Crippen MR) is 90.8 cm³/mol. The predicted octanol–water partition coefficient (Wildman–Crippen LogP) is 2.65. The van der Waals surface area contributed by atoms with E-state index in [2.05, 4.69) is 5.32 Å². The maximum atomic E-state index is 12.0. The molecule has 6 heteroatoms. The van der Waals surface area contributed by atoms with E-state index in [0.717, 1.165) is 11.3 Å². The maximum Gasteiger partial charge on any atom is 0.229 e. The molecule has 1 aliphatic heterocycles. The van der Waals surface area contributed by atoms with E-state index >= 15 is 0 Å². The zero-order chi connectivity index (χ0) is 17.7. The second-order valence-electron chi connectivity index (χ2n) is 6.24. The van der Waals surface area contributed by atoms with Gasteiger partial charge in [-0.05, 0) is 51.0 Å². The number of hydrogen-bond acceptors (Lipinski definition) is 4. The number of rotatable bonds is 7. The molecule has 24 heavy (non-hydrogen) atoms. The highest BCUT2D eigenvalue weighted by Crippen LogP contribution is 2.23. The fraction of sp³-hybridized carbons (Fsp3) is 0.500. The van der Waals surface area contributed by atoms with Gasteiger partial charge in [0.1, 0.15) is 5.75 Å². The average Bonchev–Trinajstić information content (AvgIpc) is 2.81. The van der Waals surface area contributed by atoms with Gasteiger partial charge < -0.3 is 10.1 Å². The molecule has 130 valence electrons.